The third-order valence-corrected chi connectivity index (χ3v) is 4.51. The number of nitrogens with zero attached hydrogens (tertiary/aromatic N) is 2. The summed E-state index contributed by atoms with van der Waals surface area (Å²) < 4.78 is 4.74. The molecule has 0 unspecified atom stereocenters. The lowest BCUT2D eigenvalue weighted by molar-refractivity contribution is 0.0600. The van der Waals surface area contributed by atoms with Gasteiger partial charge < -0.3 is 9.64 Å². The lowest BCUT2D eigenvalue weighted by Gasteiger charge is -2.20. The molecule has 0 atom stereocenters. The number of ether oxygens (including phenoxy) is 1. The van der Waals surface area contributed by atoms with Crippen molar-refractivity contribution in [3.05, 3.63) is 47.7 Å². The van der Waals surface area contributed by atoms with Gasteiger partial charge >= 0.3 is 5.97 Å². The number of rotatable bonds is 2. The number of carbonyl (C=O) groups excluding carboxylic acids is 2. The summed E-state index contributed by atoms with van der Waals surface area (Å²) in [6.07, 6.45) is 1.69. The van der Waals surface area contributed by atoms with Crippen LogP contribution in [0.15, 0.2) is 46.5 Å². The summed E-state index contributed by atoms with van der Waals surface area (Å²) in [5, 5.41) is 0.749. The van der Waals surface area contributed by atoms with Gasteiger partial charge in [0.05, 0.1) is 23.9 Å². The van der Waals surface area contributed by atoms with Gasteiger partial charge in [-0.2, -0.15) is 0 Å². The molecule has 0 spiro atoms. The highest BCUT2D eigenvalue weighted by Gasteiger charge is 2.27. The highest BCUT2D eigenvalue weighted by Crippen LogP contribution is 2.40. The first-order valence-electron chi connectivity index (χ1n) is 6.82. The number of esters is 1. The van der Waals surface area contributed by atoms with Crippen LogP contribution in [0.5, 0.6) is 0 Å². The smallest absolute Gasteiger partial charge is 0.337 e. The fraction of sp³-hybridized carbons (Fsp3) is 0.188. The molecule has 5 nitrogen and oxygen atoms in total. The third-order valence-electron chi connectivity index (χ3n) is 3.44. The van der Waals surface area contributed by atoms with Crippen molar-refractivity contribution in [2.24, 2.45) is 0 Å². The minimum Gasteiger partial charge on any atom is -0.465 e. The average molecular weight is 314 g/mol. The maximum Gasteiger partial charge on any atom is 0.337 e. The summed E-state index contributed by atoms with van der Waals surface area (Å²) in [7, 11) is 1.34. The molecule has 1 aromatic carbocycles. The van der Waals surface area contributed by atoms with Gasteiger partial charge in [0.1, 0.15) is 5.03 Å². The van der Waals surface area contributed by atoms with Gasteiger partial charge in [0.25, 0.3) is 5.91 Å². The number of pyridine rings is 1. The fourth-order valence-electron chi connectivity index (χ4n) is 2.37. The Morgan fingerprint density at radius 2 is 2.18 bits per heavy atom. The van der Waals surface area contributed by atoms with E-state index in [2.05, 4.69) is 4.98 Å². The Balaban J connectivity index is 2.16. The summed E-state index contributed by atoms with van der Waals surface area (Å²) in [5.41, 5.74) is 1.78. The number of hydrogen-bond acceptors (Lipinski definition) is 5. The van der Waals surface area contributed by atoms with Crippen molar-refractivity contribution in [2.75, 3.05) is 18.6 Å². The Labute approximate surface area is 132 Å². The predicted molar refractivity (Wildman–Crippen MR) is 83.5 cm³/mol. The topological polar surface area (TPSA) is 59.5 Å². The van der Waals surface area contributed by atoms with Crippen LogP contribution in [0, 0.1) is 0 Å². The molecule has 1 aromatic heterocycles. The van der Waals surface area contributed by atoms with Crippen molar-refractivity contribution < 1.29 is 14.3 Å². The molecule has 2 heterocycles. The standard InChI is InChI=1S/C16H14N2O3S/c1-3-18-12-5-4-8-17-14(12)22-13-9-10(16(20)21-2)6-7-11(13)15(18)19/h4-9H,3H2,1-2H3. The number of hydrogen-bond donors (Lipinski definition) is 0. The Morgan fingerprint density at radius 3 is 2.91 bits per heavy atom. The molecule has 0 bridgehead atoms. The van der Waals surface area contributed by atoms with E-state index in [9.17, 15) is 9.59 Å². The summed E-state index contributed by atoms with van der Waals surface area (Å²) >= 11 is 1.39. The van der Waals surface area contributed by atoms with Crippen molar-refractivity contribution in [3.8, 4) is 0 Å². The predicted octanol–water partition coefficient (Wildman–Crippen LogP) is 3.00. The van der Waals surface area contributed by atoms with E-state index in [0.29, 0.717) is 22.6 Å². The fourth-order valence-corrected chi connectivity index (χ4v) is 3.42. The monoisotopic (exact) mass is 314 g/mol. The van der Waals surface area contributed by atoms with Crippen LogP contribution < -0.4 is 4.90 Å². The Hall–Kier alpha value is -2.34. The summed E-state index contributed by atoms with van der Waals surface area (Å²) in [6, 6.07) is 8.65. The van der Waals surface area contributed by atoms with Gasteiger partial charge in [0.2, 0.25) is 0 Å². The van der Waals surface area contributed by atoms with Crippen LogP contribution in [0.3, 0.4) is 0 Å². The van der Waals surface area contributed by atoms with Crippen LogP contribution >= 0.6 is 11.8 Å². The zero-order valence-electron chi connectivity index (χ0n) is 12.2. The first-order chi connectivity index (χ1) is 10.7. The van der Waals surface area contributed by atoms with Crippen molar-refractivity contribution >= 4 is 29.3 Å². The maximum atomic E-state index is 12.7. The Morgan fingerprint density at radius 1 is 1.36 bits per heavy atom. The number of aromatic nitrogens is 1. The molecule has 1 amide bonds. The molecule has 0 saturated heterocycles. The lowest BCUT2D eigenvalue weighted by atomic mass is 10.1. The van der Waals surface area contributed by atoms with Crippen molar-refractivity contribution in [1.29, 1.82) is 0 Å². The zero-order chi connectivity index (χ0) is 15.7. The van der Waals surface area contributed by atoms with E-state index >= 15 is 0 Å². The average Bonchev–Trinajstić information content (AvgIpc) is 2.67. The zero-order valence-corrected chi connectivity index (χ0v) is 13.0. The first kappa shape index (κ1) is 14.6. The van der Waals surface area contributed by atoms with Crippen LogP contribution in [0.25, 0.3) is 0 Å². The van der Waals surface area contributed by atoms with Crippen LogP contribution in [-0.2, 0) is 4.74 Å². The quantitative estimate of drug-likeness (QED) is 0.798. The van der Waals surface area contributed by atoms with E-state index < -0.39 is 5.97 Å². The minimum atomic E-state index is -0.423. The normalized spacial score (nSPS) is 13.2. The van der Waals surface area contributed by atoms with E-state index in [1.54, 1.807) is 29.3 Å². The molecule has 0 aliphatic carbocycles. The molecule has 0 radical (unpaired) electrons. The molecule has 3 rings (SSSR count). The van der Waals surface area contributed by atoms with Gasteiger partial charge in [-0.1, -0.05) is 11.8 Å². The van der Waals surface area contributed by atoms with Crippen LogP contribution in [-0.4, -0.2) is 30.5 Å². The molecule has 0 fully saturated rings. The van der Waals surface area contributed by atoms with Crippen molar-refractivity contribution in [1.82, 2.24) is 4.98 Å². The van der Waals surface area contributed by atoms with E-state index in [4.69, 9.17) is 4.74 Å². The molecule has 0 N–H and O–H groups in total. The van der Waals surface area contributed by atoms with Gasteiger partial charge in [-0.25, -0.2) is 9.78 Å². The lowest BCUT2D eigenvalue weighted by Crippen LogP contribution is -2.30. The van der Waals surface area contributed by atoms with E-state index in [-0.39, 0.29) is 5.91 Å². The van der Waals surface area contributed by atoms with E-state index in [0.717, 1.165) is 10.7 Å². The molecule has 1 aliphatic rings. The molecule has 6 heteroatoms. The van der Waals surface area contributed by atoms with Crippen molar-refractivity contribution in [2.45, 2.75) is 16.8 Å². The summed E-state index contributed by atoms with van der Waals surface area (Å²) in [4.78, 5) is 31.2. The minimum absolute atomic E-state index is 0.0897. The van der Waals surface area contributed by atoms with Crippen LogP contribution in [0.1, 0.15) is 27.6 Å². The van der Waals surface area contributed by atoms with Crippen LogP contribution in [0.4, 0.5) is 5.69 Å². The highest BCUT2D eigenvalue weighted by molar-refractivity contribution is 7.99. The molecular weight excluding hydrogens is 300 g/mol. The van der Waals surface area contributed by atoms with Gasteiger partial charge in [0, 0.05) is 17.6 Å². The number of carbonyl (C=O) groups is 2. The van der Waals surface area contributed by atoms with Gasteiger partial charge in [-0.3, -0.25) is 4.79 Å². The first-order valence-corrected chi connectivity index (χ1v) is 7.64. The third kappa shape index (κ3) is 2.35. The van der Waals surface area contributed by atoms with Gasteiger partial charge in [-0.15, -0.1) is 0 Å². The van der Waals surface area contributed by atoms with E-state index in [1.807, 2.05) is 19.1 Å². The summed E-state index contributed by atoms with van der Waals surface area (Å²) in [6.45, 7) is 2.48. The highest BCUT2D eigenvalue weighted by atomic mass is 32.2. The number of methoxy groups -OCH3 is 1. The SMILES string of the molecule is CCN1C(=O)c2ccc(C(=O)OC)cc2Sc2ncccc21. The maximum absolute atomic E-state index is 12.7. The Bertz CT molecular complexity index is 761. The number of fused-ring (bicyclic) bond motifs is 2. The second-order valence-corrected chi connectivity index (χ2v) is 5.71. The molecule has 0 saturated carbocycles. The molecule has 2 aromatic rings. The number of amides is 1. The van der Waals surface area contributed by atoms with E-state index in [1.165, 1.54) is 18.9 Å². The number of benzene rings is 1. The second-order valence-electron chi connectivity index (χ2n) is 4.68. The Kier molecular flexibility index (Phi) is 3.85. The summed E-state index contributed by atoms with van der Waals surface area (Å²) in [5.74, 6) is -0.512. The molecule has 22 heavy (non-hydrogen) atoms. The van der Waals surface area contributed by atoms with Gasteiger partial charge in [-0.05, 0) is 37.3 Å². The molecule has 112 valence electrons. The van der Waals surface area contributed by atoms with Crippen LogP contribution in [0.2, 0.25) is 0 Å². The van der Waals surface area contributed by atoms with Gasteiger partial charge in [0.15, 0.2) is 0 Å². The molecular formula is C16H14N2O3S. The molecule has 1 aliphatic heterocycles. The number of anilines is 1. The second kappa shape index (κ2) is 5.81. The largest absolute Gasteiger partial charge is 0.465 e. The van der Waals surface area contributed by atoms with Crippen molar-refractivity contribution in [3.63, 3.8) is 0 Å².